The number of methoxy groups -OCH3 is 1. The van der Waals surface area contributed by atoms with Gasteiger partial charge in [0.1, 0.15) is 6.61 Å². The van der Waals surface area contributed by atoms with Crippen molar-refractivity contribution in [3.63, 3.8) is 0 Å². The molecule has 0 saturated heterocycles. The summed E-state index contributed by atoms with van der Waals surface area (Å²) >= 11 is 1.51. The van der Waals surface area contributed by atoms with Crippen LogP contribution in [-0.4, -0.2) is 33.0 Å². The highest BCUT2D eigenvalue weighted by Gasteiger charge is 2.14. The van der Waals surface area contributed by atoms with E-state index in [2.05, 4.69) is 20.6 Å². The monoisotopic (exact) mass is 407 g/mol. The maximum Gasteiger partial charge on any atom is 0.255 e. The molecule has 0 unspecified atom stereocenters. The van der Waals surface area contributed by atoms with Crippen LogP contribution in [0.2, 0.25) is 0 Å². The zero-order chi connectivity index (χ0) is 20.1. The zero-order valence-electron chi connectivity index (χ0n) is 15.5. The van der Waals surface area contributed by atoms with Crippen LogP contribution in [0.1, 0.15) is 16.1 Å². The number of hydrogen-bond acceptors (Lipinski definition) is 7. The average Bonchev–Trinajstić information content (AvgIpc) is 3.46. The molecule has 0 spiro atoms. The van der Waals surface area contributed by atoms with E-state index in [1.807, 2.05) is 23.6 Å². The van der Waals surface area contributed by atoms with Crippen LogP contribution >= 0.6 is 11.3 Å². The molecular formula is C20H17N5O3S. The minimum atomic E-state index is -0.276. The molecule has 4 rings (SSSR count). The van der Waals surface area contributed by atoms with E-state index >= 15 is 0 Å². The number of aromatic nitrogens is 4. The summed E-state index contributed by atoms with van der Waals surface area (Å²) in [5.41, 5.74) is 4.36. The molecule has 0 bridgehead atoms. The van der Waals surface area contributed by atoms with Crippen LogP contribution in [-0.2, 0) is 6.61 Å². The number of nitrogens with one attached hydrogen (secondary N) is 1. The molecule has 9 heteroatoms. The third-order valence-electron chi connectivity index (χ3n) is 4.11. The summed E-state index contributed by atoms with van der Waals surface area (Å²) in [6.07, 6.45) is 3.29. The van der Waals surface area contributed by atoms with E-state index in [4.69, 9.17) is 9.47 Å². The van der Waals surface area contributed by atoms with Crippen molar-refractivity contribution in [1.82, 2.24) is 20.0 Å². The lowest BCUT2D eigenvalue weighted by Crippen LogP contribution is -2.14. The number of amides is 1. The molecule has 0 radical (unpaired) electrons. The fraction of sp³-hybridized carbons (Fsp3) is 0.100. The van der Waals surface area contributed by atoms with Gasteiger partial charge in [-0.2, -0.15) is 0 Å². The first-order chi connectivity index (χ1) is 14.2. The lowest BCUT2D eigenvalue weighted by atomic mass is 10.1. The van der Waals surface area contributed by atoms with Crippen molar-refractivity contribution >= 4 is 22.9 Å². The highest BCUT2D eigenvalue weighted by molar-refractivity contribution is 7.07. The smallest absolute Gasteiger partial charge is 0.255 e. The SMILES string of the molecule is COc1cc(C(=O)Nc2ccccc2-n2ccnn2)ccc1OCc1cscn1. The Morgan fingerprint density at radius 2 is 2.10 bits per heavy atom. The van der Waals surface area contributed by atoms with E-state index in [1.165, 1.54) is 18.4 Å². The Bertz CT molecular complexity index is 1100. The highest BCUT2D eigenvalue weighted by atomic mass is 32.1. The van der Waals surface area contributed by atoms with Gasteiger partial charge < -0.3 is 14.8 Å². The number of thiazole rings is 1. The van der Waals surface area contributed by atoms with Crippen LogP contribution in [0.25, 0.3) is 5.69 Å². The van der Waals surface area contributed by atoms with Crippen LogP contribution in [0.4, 0.5) is 5.69 Å². The van der Waals surface area contributed by atoms with Gasteiger partial charge in [-0.3, -0.25) is 4.79 Å². The summed E-state index contributed by atoms with van der Waals surface area (Å²) in [5, 5.41) is 12.6. The Balaban J connectivity index is 1.52. The topological polar surface area (TPSA) is 91.2 Å². The van der Waals surface area contributed by atoms with Crippen molar-refractivity contribution in [2.45, 2.75) is 6.61 Å². The minimum Gasteiger partial charge on any atom is -0.493 e. The van der Waals surface area contributed by atoms with Crippen LogP contribution in [0.5, 0.6) is 11.5 Å². The Morgan fingerprint density at radius 3 is 2.86 bits per heavy atom. The van der Waals surface area contributed by atoms with Crippen LogP contribution in [0.3, 0.4) is 0 Å². The molecule has 2 aromatic carbocycles. The Hall–Kier alpha value is -3.72. The first kappa shape index (κ1) is 18.6. The fourth-order valence-corrected chi connectivity index (χ4v) is 3.24. The minimum absolute atomic E-state index is 0.276. The van der Waals surface area contributed by atoms with E-state index in [-0.39, 0.29) is 5.91 Å². The molecule has 0 fully saturated rings. The van der Waals surface area contributed by atoms with E-state index in [9.17, 15) is 4.79 Å². The van der Waals surface area contributed by atoms with Crippen molar-refractivity contribution in [3.8, 4) is 17.2 Å². The normalized spacial score (nSPS) is 10.5. The predicted octanol–water partition coefficient (Wildman–Crippen LogP) is 3.56. The van der Waals surface area contributed by atoms with E-state index < -0.39 is 0 Å². The summed E-state index contributed by atoms with van der Waals surface area (Å²) < 4.78 is 12.7. The second kappa shape index (κ2) is 8.53. The van der Waals surface area contributed by atoms with Gasteiger partial charge in [-0.25, -0.2) is 9.67 Å². The lowest BCUT2D eigenvalue weighted by molar-refractivity contribution is 0.102. The quantitative estimate of drug-likeness (QED) is 0.504. The molecule has 2 aromatic heterocycles. The molecular weight excluding hydrogens is 390 g/mol. The molecule has 1 N–H and O–H groups in total. The van der Waals surface area contributed by atoms with Gasteiger partial charge in [-0.05, 0) is 30.3 Å². The molecule has 0 aliphatic heterocycles. The summed E-state index contributed by atoms with van der Waals surface area (Å²) in [6, 6.07) is 12.4. The van der Waals surface area contributed by atoms with Gasteiger partial charge in [0.2, 0.25) is 0 Å². The first-order valence-corrected chi connectivity index (χ1v) is 9.64. The third-order valence-corrected chi connectivity index (χ3v) is 4.74. The number of ether oxygens (including phenoxy) is 2. The number of rotatable bonds is 7. The van der Waals surface area contributed by atoms with Gasteiger partial charge >= 0.3 is 0 Å². The molecule has 146 valence electrons. The number of benzene rings is 2. The van der Waals surface area contributed by atoms with Crippen molar-refractivity contribution < 1.29 is 14.3 Å². The van der Waals surface area contributed by atoms with Crippen molar-refractivity contribution in [3.05, 3.63) is 77.0 Å². The van der Waals surface area contributed by atoms with E-state index in [1.54, 1.807) is 46.9 Å². The van der Waals surface area contributed by atoms with Crippen LogP contribution in [0, 0.1) is 0 Å². The average molecular weight is 407 g/mol. The maximum atomic E-state index is 12.8. The van der Waals surface area contributed by atoms with E-state index in [0.29, 0.717) is 35.0 Å². The van der Waals surface area contributed by atoms with Crippen LogP contribution in [0.15, 0.2) is 65.7 Å². The van der Waals surface area contributed by atoms with Gasteiger partial charge in [0.05, 0.1) is 42.1 Å². The lowest BCUT2D eigenvalue weighted by Gasteiger charge is -2.13. The Kier molecular flexibility index (Phi) is 5.48. The number of nitrogens with zero attached hydrogens (tertiary/aromatic N) is 4. The number of hydrogen-bond donors (Lipinski definition) is 1. The summed E-state index contributed by atoms with van der Waals surface area (Å²) in [5.74, 6) is 0.736. The highest BCUT2D eigenvalue weighted by Crippen LogP contribution is 2.29. The molecule has 0 atom stereocenters. The summed E-state index contributed by atoms with van der Waals surface area (Å²) in [6.45, 7) is 0.330. The standard InChI is InChI=1S/C20H17N5O3S/c1-27-19-10-14(6-7-18(19)28-11-15-12-29-13-21-15)20(26)23-16-4-2-3-5-17(16)25-9-8-22-24-25/h2-10,12-13H,11H2,1H3,(H,23,26). The van der Waals surface area contributed by atoms with E-state index in [0.717, 1.165) is 5.69 Å². The molecule has 4 aromatic rings. The number of carbonyl (C=O) groups excluding carboxylic acids is 1. The molecule has 2 heterocycles. The zero-order valence-corrected chi connectivity index (χ0v) is 16.3. The van der Waals surface area contributed by atoms with Gasteiger partial charge in [-0.15, -0.1) is 16.4 Å². The maximum absolute atomic E-state index is 12.8. The summed E-state index contributed by atoms with van der Waals surface area (Å²) in [4.78, 5) is 17.0. The summed E-state index contributed by atoms with van der Waals surface area (Å²) in [7, 11) is 1.53. The predicted molar refractivity (Wildman–Crippen MR) is 109 cm³/mol. The molecule has 0 saturated carbocycles. The largest absolute Gasteiger partial charge is 0.493 e. The van der Waals surface area contributed by atoms with Gasteiger partial charge in [-0.1, -0.05) is 17.3 Å². The van der Waals surface area contributed by atoms with Crippen molar-refractivity contribution in [1.29, 1.82) is 0 Å². The Labute approximate surface area is 170 Å². The number of para-hydroxylation sites is 2. The molecule has 29 heavy (non-hydrogen) atoms. The fourth-order valence-electron chi connectivity index (χ4n) is 2.70. The van der Waals surface area contributed by atoms with Crippen molar-refractivity contribution in [2.24, 2.45) is 0 Å². The second-order valence-corrected chi connectivity index (χ2v) is 6.67. The molecule has 1 amide bonds. The van der Waals surface area contributed by atoms with Crippen LogP contribution < -0.4 is 14.8 Å². The number of carbonyl (C=O) groups is 1. The first-order valence-electron chi connectivity index (χ1n) is 8.69. The van der Waals surface area contributed by atoms with Crippen molar-refractivity contribution in [2.75, 3.05) is 12.4 Å². The third kappa shape index (κ3) is 4.25. The van der Waals surface area contributed by atoms with Gasteiger partial charge in [0.25, 0.3) is 5.91 Å². The van der Waals surface area contributed by atoms with Gasteiger partial charge in [0, 0.05) is 10.9 Å². The number of anilines is 1. The second-order valence-electron chi connectivity index (χ2n) is 5.95. The molecule has 8 nitrogen and oxygen atoms in total. The van der Waals surface area contributed by atoms with Gasteiger partial charge in [0.15, 0.2) is 11.5 Å². The molecule has 0 aliphatic rings. The molecule has 0 aliphatic carbocycles. The Morgan fingerprint density at radius 1 is 1.21 bits per heavy atom.